The van der Waals surface area contributed by atoms with Crippen LogP contribution in [0.1, 0.15) is 36.5 Å². The van der Waals surface area contributed by atoms with E-state index in [1.165, 1.54) is 11.3 Å². The van der Waals surface area contributed by atoms with Crippen molar-refractivity contribution in [3.63, 3.8) is 0 Å². The van der Waals surface area contributed by atoms with E-state index >= 15 is 0 Å². The average molecular weight is 427 g/mol. The molecule has 2 heterocycles. The van der Waals surface area contributed by atoms with Crippen LogP contribution < -0.4 is 0 Å². The molecular formula is C13H18INO3S2. The number of rotatable bonds is 5. The molecule has 0 spiro atoms. The number of hydrogen-bond acceptors (Lipinski definition) is 4. The fourth-order valence-corrected chi connectivity index (χ4v) is 5.44. The molecule has 1 saturated heterocycles. The highest BCUT2D eigenvalue weighted by Crippen LogP contribution is 2.23. The Labute approximate surface area is 137 Å². The minimum absolute atomic E-state index is 0.0280. The first-order valence-corrected chi connectivity index (χ1v) is 10.5. The zero-order chi connectivity index (χ0) is 14.8. The lowest BCUT2D eigenvalue weighted by Gasteiger charge is -2.28. The predicted molar refractivity (Wildman–Crippen MR) is 90.0 cm³/mol. The molecular weight excluding hydrogens is 409 g/mol. The predicted octanol–water partition coefficient (Wildman–Crippen LogP) is 2.78. The van der Waals surface area contributed by atoms with Crippen molar-refractivity contribution < 1.29 is 13.2 Å². The van der Waals surface area contributed by atoms with E-state index in [-0.39, 0.29) is 23.5 Å². The highest BCUT2D eigenvalue weighted by molar-refractivity contribution is 14.1. The van der Waals surface area contributed by atoms with Crippen LogP contribution in [-0.4, -0.2) is 43.3 Å². The van der Waals surface area contributed by atoms with Crippen LogP contribution in [0.2, 0.25) is 0 Å². The molecule has 0 aromatic carbocycles. The summed E-state index contributed by atoms with van der Waals surface area (Å²) in [7, 11) is -2.97. The summed E-state index contributed by atoms with van der Waals surface area (Å²) in [6.07, 6.45) is 2.47. The lowest BCUT2D eigenvalue weighted by atomic mass is 10.1. The molecule has 1 aromatic rings. The Bertz CT molecular complexity index is 582. The summed E-state index contributed by atoms with van der Waals surface area (Å²) in [4.78, 5) is 14.4. The molecule has 1 aromatic heterocycles. The van der Waals surface area contributed by atoms with Gasteiger partial charge >= 0.3 is 0 Å². The Morgan fingerprint density at radius 3 is 2.80 bits per heavy atom. The second kappa shape index (κ2) is 6.74. The van der Waals surface area contributed by atoms with Gasteiger partial charge in [0.1, 0.15) is 0 Å². The van der Waals surface area contributed by atoms with Crippen molar-refractivity contribution in [2.24, 2.45) is 0 Å². The topological polar surface area (TPSA) is 54.5 Å². The Kier molecular flexibility index (Phi) is 5.47. The third kappa shape index (κ3) is 3.94. The van der Waals surface area contributed by atoms with Crippen LogP contribution in [0.15, 0.2) is 11.4 Å². The highest BCUT2D eigenvalue weighted by atomic mass is 127. The SMILES string of the molecule is CCCCN(C(=O)c1csc(I)c1)C1CCS(=O)(=O)C1. The summed E-state index contributed by atoms with van der Waals surface area (Å²) in [6, 6.07) is 1.72. The molecule has 0 aliphatic carbocycles. The van der Waals surface area contributed by atoms with Gasteiger partial charge in [0.15, 0.2) is 9.84 Å². The van der Waals surface area contributed by atoms with E-state index in [9.17, 15) is 13.2 Å². The van der Waals surface area contributed by atoms with Gasteiger partial charge in [0.25, 0.3) is 5.91 Å². The van der Waals surface area contributed by atoms with Gasteiger partial charge in [-0.15, -0.1) is 11.3 Å². The molecule has 20 heavy (non-hydrogen) atoms. The number of amides is 1. The molecule has 1 aliphatic heterocycles. The van der Waals surface area contributed by atoms with E-state index in [0.717, 1.165) is 15.7 Å². The van der Waals surface area contributed by atoms with Gasteiger partial charge in [-0.25, -0.2) is 8.42 Å². The first-order chi connectivity index (χ1) is 9.43. The zero-order valence-electron chi connectivity index (χ0n) is 11.3. The summed E-state index contributed by atoms with van der Waals surface area (Å²) in [5.41, 5.74) is 0.680. The third-order valence-corrected chi connectivity index (χ3v) is 7.02. The van der Waals surface area contributed by atoms with Crippen molar-refractivity contribution >= 4 is 49.7 Å². The molecule has 1 unspecified atom stereocenters. The zero-order valence-corrected chi connectivity index (χ0v) is 15.1. The molecule has 2 rings (SSSR count). The molecule has 4 nitrogen and oxygen atoms in total. The van der Waals surface area contributed by atoms with Gasteiger partial charge in [-0.2, -0.15) is 0 Å². The lowest BCUT2D eigenvalue weighted by molar-refractivity contribution is 0.0694. The van der Waals surface area contributed by atoms with E-state index in [4.69, 9.17) is 0 Å². The van der Waals surface area contributed by atoms with Gasteiger partial charge in [-0.3, -0.25) is 4.79 Å². The summed E-state index contributed by atoms with van der Waals surface area (Å²) in [6.45, 7) is 2.71. The van der Waals surface area contributed by atoms with Crippen molar-refractivity contribution in [2.45, 2.75) is 32.2 Å². The number of sulfone groups is 1. The highest BCUT2D eigenvalue weighted by Gasteiger charge is 2.34. The molecule has 0 bridgehead atoms. The van der Waals surface area contributed by atoms with Crippen LogP contribution >= 0.6 is 33.9 Å². The van der Waals surface area contributed by atoms with Crippen LogP contribution in [0.25, 0.3) is 0 Å². The Hall–Kier alpha value is -0.150. The molecule has 0 N–H and O–H groups in total. The fraction of sp³-hybridized carbons (Fsp3) is 0.615. The molecule has 112 valence electrons. The first kappa shape index (κ1) is 16.2. The van der Waals surface area contributed by atoms with E-state index < -0.39 is 9.84 Å². The molecule has 0 saturated carbocycles. The Morgan fingerprint density at radius 1 is 1.55 bits per heavy atom. The monoisotopic (exact) mass is 427 g/mol. The van der Waals surface area contributed by atoms with E-state index in [0.29, 0.717) is 18.5 Å². The average Bonchev–Trinajstić information content (AvgIpc) is 2.96. The van der Waals surface area contributed by atoms with Crippen molar-refractivity contribution in [1.82, 2.24) is 4.90 Å². The van der Waals surface area contributed by atoms with Crippen molar-refractivity contribution in [2.75, 3.05) is 18.1 Å². The first-order valence-electron chi connectivity index (χ1n) is 6.68. The van der Waals surface area contributed by atoms with Gasteiger partial charge in [0, 0.05) is 18.0 Å². The third-order valence-electron chi connectivity index (χ3n) is 3.48. The quantitative estimate of drug-likeness (QED) is 0.680. The second-order valence-electron chi connectivity index (χ2n) is 5.05. The molecule has 7 heteroatoms. The maximum Gasteiger partial charge on any atom is 0.255 e. The number of thiophene rings is 1. The summed E-state index contributed by atoms with van der Waals surface area (Å²) < 4.78 is 24.4. The van der Waals surface area contributed by atoms with Crippen LogP contribution in [0.4, 0.5) is 0 Å². The maximum absolute atomic E-state index is 12.6. The Morgan fingerprint density at radius 2 is 2.30 bits per heavy atom. The lowest BCUT2D eigenvalue weighted by Crippen LogP contribution is -2.41. The second-order valence-corrected chi connectivity index (χ2v) is 10.1. The van der Waals surface area contributed by atoms with Gasteiger partial charge in [-0.05, 0) is 41.5 Å². The van der Waals surface area contributed by atoms with Gasteiger partial charge in [-0.1, -0.05) is 13.3 Å². The Balaban J connectivity index is 2.17. The van der Waals surface area contributed by atoms with Gasteiger partial charge in [0.05, 0.1) is 20.0 Å². The normalized spacial score (nSPS) is 21.0. The maximum atomic E-state index is 12.6. The number of hydrogen-bond donors (Lipinski definition) is 0. The standard InChI is InChI=1S/C13H18INO3S2/c1-2-3-5-15(11-4-6-20(17,18)9-11)13(16)10-7-12(14)19-8-10/h7-8,11H,2-6,9H2,1H3. The number of halogens is 1. The molecule has 0 radical (unpaired) electrons. The summed E-state index contributed by atoms with van der Waals surface area (Å²) in [5.74, 6) is 0.290. The minimum atomic E-state index is -2.97. The van der Waals surface area contributed by atoms with E-state index in [2.05, 4.69) is 29.5 Å². The number of unbranched alkanes of at least 4 members (excludes halogenated alkanes) is 1. The van der Waals surface area contributed by atoms with Crippen molar-refractivity contribution in [1.29, 1.82) is 0 Å². The molecule has 1 amide bonds. The smallest absolute Gasteiger partial charge is 0.255 e. The van der Waals surface area contributed by atoms with Crippen LogP contribution in [0.5, 0.6) is 0 Å². The summed E-state index contributed by atoms with van der Waals surface area (Å²) >= 11 is 3.73. The summed E-state index contributed by atoms with van der Waals surface area (Å²) in [5, 5.41) is 1.85. The van der Waals surface area contributed by atoms with Gasteiger partial charge in [0.2, 0.25) is 0 Å². The fourth-order valence-electron chi connectivity index (χ4n) is 2.39. The molecule has 1 aliphatic rings. The number of nitrogens with zero attached hydrogens (tertiary/aromatic N) is 1. The molecule has 1 atom stereocenters. The minimum Gasteiger partial charge on any atom is -0.335 e. The van der Waals surface area contributed by atoms with Crippen LogP contribution in [0, 0.1) is 2.88 Å². The van der Waals surface area contributed by atoms with Crippen LogP contribution in [0.3, 0.4) is 0 Å². The van der Waals surface area contributed by atoms with Crippen LogP contribution in [-0.2, 0) is 9.84 Å². The van der Waals surface area contributed by atoms with E-state index in [1.807, 2.05) is 11.4 Å². The largest absolute Gasteiger partial charge is 0.335 e. The van der Waals surface area contributed by atoms with Gasteiger partial charge < -0.3 is 4.90 Å². The van der Waals surface area contributed by atoms with Crippen molar-refractivity contribution in [3.8, 4) is 0 Å². The van der Waals surface area contributed by atoms with E-state index in [1.54, 1.807) is 4.90 Å². The van der Waals surface area contributed by atoms with Crippen molar-refractivity contribution in [3.05, 3.63) is 19.9 Å². The number of carbonyl (C=O) groups is 1. The number of carbonyl (C=O) groups excluding carboxylic acids is 1. The molecule has 1 fully saturated rings.